The van der Waals surface area contributed by atoms with Gasteiger partial charge in [0.15, 0.2) is 0 Å². The first-order valence-corrected chi connectivity index (χ1v) is 10.3. The van der Waals surface area contributed by atoms with Gasteiger partial charge in [0, 0.05) is 51.0 Å². The lowest BCUT2D eigenvalue weighted by Crippen LogP contribution is -2.55. The van der Waals surface area contributed by atoms with E-state index in [1.807, 2.05) is 4.90 Å². The van der Waals surface area contributed by atoms with Crippen molar-refractivity contribution in [1.29, 1.82) is 0 Å². The molecule has 2 heterocycles. The standard InChI is InChI=1S/C20H26ClFN4O5/c1-12(10-20(11-30-2)18(28)23-19(29)24-20)17(27)26-6-4-25(5-7-26)13-8-14(22)16(21)15(9-13)31-3/h8-9,12H,4-7,10-11H2,1-3H3,(H2,23,24,28,29)/t12?,20-/m0/s1. The molecule has 1 aromatic carbocycles. The van der Waals surface area contributed by atoms with Gasteiger partial charge in [-0.2, -0.15) is 0 Å². The summed E-state index contributed by atoms with van der Waals surface area (Å²) in [6, 6.07) is 2.42. The van der Waals surface area contributed by atoms with Crippen LogP contribution in [0, 0.1) is 11.7 Å². The number of ether oxygens (including phenoxy) is 2. The normalized spacial score (nSPS) is 22.2. The van der Waals surface area contributed by atoms with Crippen molar-refractivity contribution in [3.05, 3.63) is 23.0 Å². The van der Waals surface area contributed by atoms with Crippen LogP contribution in [0.15, 0.2) is 12.1 Å². The maximum absolute atomic E-state index is 14.1. The number of carbonyl (C=O) groups is 3. The molecule has 3 rings (SSSR count). The number of carbonyl (C=O) groups excluding carboxylic acids is 3. The van der Waals surface area contributed by atoms with Crippen molar-refractivity contribution in [3.63, 3.8) is 0 Å². The van der Waals surface area contributed by atoms with Crippen LogP contribution in [0.25, 0.3) is 0 Å². The Morgan fingerprint density at radius 1 is 1.26 bits per heavy atom. The first kappa shape index (κ1) is 23.1. The zero-order chi connectivity index (χ0) is 22.8. The number of hydrogen-bond acceptors (Lipinski definition) is 6. The first-order chi connectivity index (χ1) is 14.7. The predicted octanol–water partition coefficient (Wildman–Crippen LogP) is 1.39. The van der Waals surface area contributed by atoms with Crippen LogP contribution in [-0.2, 0) is 14.3 Å². The largest absolute Gasteiger partial charge is 0.495 e. The lowest BCUT2D eigenvalue weighted by atomic mass is 9.88. The molecule has 0 aromatic heterocycles. The molecule has 2 N–H and O–H groups in total. The minimum atomic E-state index is -1.26. The fourth-order valence-corrected chi connectivity index (χ4v) is 4.25. The summed E-state index contributed by atoms with van der Waals surface area (Å²) in [6.45, 7) is 3.58. The number of anilines is 1. The zero-order valence-corrected chi connectivity index (χ0v) is 18.4. The van der Waals surface area contributed by atoms with E-state index in [1.165, 1.54) is 20.3 Å². The molecule has 2 saturated heterocycles. The molecule has 0 saturated carbocycles. The second-order valence-corrected chi connectivity index (χ2v) is 8.16. The van der Waals surface area contributed by atoms with Gasteiger partial charge in [-0.1, -0.05) is 18.5 Å². The van der Waals surface area contributed by atoms with Crippen LogP contribution in [0.2, 0.25) is 5.02 Å². The second kappa shape index (κ2) is 9.27. The van der Waals surface area contributed by atoms with Crippen LogP contribution in [0.3, 0.4) is 0 Å². The molecular formula is C20H26ClFN4O5. The van der Waals surface area contributed by atoms with Gasteiger partial charge in [0.05, 0.1) is 13.7 Å². The van der Waals surface area contributed by atoms with E-state index in [2.05, 4.69) is 10.6 Å². The third-order valence-corrected chi connectivity index (χ3v) is 6.00. The Bertz CT molecular complexity index is 877. The third kappa shape index (κ3) is 4.69. The summed E-state index contributed by atoms with van der Waals surface area (Å²) in [7, 11) is 2.85. The molecule has 0 aliphatic carbocycles. The van der Waals surface area contributed by atoms with Crippen LogP contribution < -0.4 is 20.3 Å². The molecule has 31 heavy (non-hydrogen) atoms. The fourth-order valence-electron chi connectivity index (χ4n) is 4.07. The number of rotatable bonds is 7. The fraction of sp³-hybridized carbons (Fsp3) is 0.550. The minimum Gasteiger partial charge on any atom is -0.495 e. The van der Waals surface area contributed by atoms with Crippen LogP contribution in [-0.4, -0.2) is 75.3 Å². The quantitative estimate of drug-likeness (QED) is 0.601. The van der Waals surface area contributed by atoms with Gasteiger partial charge in [-0.05, 0) is 12.5 Å². The topological polar surface area (TPSA) is 100 Å². The van der Waals surface area contributed by atoms with E-state index in [9.17, 15) is 18.8 Å². The molecule has 2 fully saturated rings. The maximum atomic E-state index is 14.1. The van der Waals surface area contributed by atoms with Gasteiger partial charge in [-0.15, -0.1) is 0 Å². The smallest absolute Gasteiger partial charge is 0.322 e. The Morgan fingerprint density at radius 2 is 1.94 bits per heavy atom. The monoisotopic (exact) mass is 456 g/mol. The van der Waals surface area contributed by atoms with Crippen LogP contribution in [0.5, 0.6) is 5.75 Å². The molecule has 2 atom stereocenters. The van der Waals surface area contributed by atoms with Crippen molar-refractivity contribution in [1.82, 2.24) is 15.5 Å². The van der Waals surface area contributed by atoms with Crippen molar-refractivity contribution in [2.45, 2.75) is 18.9 Å². The molecule has 1 unspecified atom stereocenters. The maximum Gasteiger partial charge on any atom is 0.322 e. The molecule has 170 valence electrons. The molecule has 0 bridgehead atoms. The van der Waals surface area contributed by atoms with E-state index >= 15 is 0 Å². The van der Waals surface area contributed by atoms with Crippen molar-refractivity contribution in [2.75, 3.05) is 51.9 Å². The van der Waals surface area contributed by atoms with Crippen LogP contribution in [0.1, 0.15) is 13.3 Å². The van der Waals surface area contributed by atoms with E-state index in [0.29, 0.717) is 31.9 Å². The molecule has 2 aliphatic heterocycles. The number of benzene rings is 1. The average Bonchev–Trinajstić information content (AvgIpc) is 3.02. The summed E-state index contributed by atoms with van der Waals surface area (Å²) in [6.07, 6.45) is 0.122. The number of halogens is 2. The van der Waals surface area contributed by atoms with Crippen molar-refractivity contribution >= 4 is 35.1 Å². The highest BCUT2D eigenvalue weighted by molar-refractivity contribution is 6.32. The van der Waals surface area contributed by atoms with Crippen molar-refractivity contribution < 1.29 is 28.2 Å². The van der Waals surface area contributed by atoms with E-state index in [1.54, 1.807) is 17.9 Å². The molecule has 2 aliphatic rings. The van der Waals surface area contributed by atoms with Gasteiger partial charge < -0.3 is 24.6 Å². The third-order valence-electron chi connectivity index (χ3n) is 5.64. The zero-order valence-electron chi connectivity index (χ0n) is 17.7. The number of nitrogens with zero attached hydrogens (tertiary/aromatic N) is 2. The number of piperazine rings is 1. The van der Waals surface area contributed by atoms with Gasteiger partial charge in [0.25, 0.3) is 5.91 Å². The Labute approximate surface area is 184 Å². The van der Waals surface area contributed by atoms with E-state index in [4.69, 9.17) is 21.1 Å². The number of hydrogen-bond donors (Lipinski definition) is 2. The van der Waals surface area contributed by atoms with Crippen molar-refractivity contribution in [3.8, 4) is 5.75 Å². The summed E-state index contributed by atoms with van der Waals surface area (Å²) in [5, 5.41) is 4.73. The summed E-state index contributed by atoms with van der Waals surface area (Å²) in [5.41, 5.74) is -0.636. The molecular weight excluding hydrogens is 431 g/mol. The van der Waals surface area contributed by atoms with Gasteiger partial charge in [-0.3, -0.25) is 14.9 Å². The summed E-state index contributed by atoms with van der Waals surface area (Å²) >= 11 is 5.89. The summed E-state index contributed by atoms with van der Waals surface area (Å²) in [5.74, 6) is -1.45. The molecule has 0 radical (unpaired) electrons. The number of imide groups is 1. The lowest BCUT2D eigenvalue weighted by Gasteiger charge is -2.38. The number of urea groups is 1. The highest BCUT2D eigenvalue weighted by atomic mass is 35.5. The van der Waals surface area contributed by atoms with Gasteiger partial charge >= 0.3 is 6.03 Å². The van der Waals surface area contributed by atoms with Crippen molar-refractivity contribution in [2.24, 2.45) is 5.92 Å². The molecule has 11 heteroatoms. The minimum absolute atomic E-state index is 0.0278. The highest BCUT2D eigenvalue weighted by Gasteiger charge is 2.48. The van der Waals surface area contributed by atoms with Crippen LogP contribution in [0.4, 0.5) is 14.9 Å². The van der Waals surface area contributed by atoms with E-state index in [-0.39, 0.29) is 29.7 Å². The van der Waals surface area contributed by atoms with Gasteiger partial charge in [0.2, 0.25) is 5.91 Å². The summed E-state index contributed by atoms with van der Waals surface area (Å²) in [4.78, 5) is 40.5. The first-order valence-electron chi connectivity index (χ1n) is 9.90. The second-order valence-electron chi connectivity index (χ2n) is 7.78. The van der Waals surface area contributed by atoms with Gasteiger partial charge in [0.1, 0.15) is 22.1 Å². The molecule has 1 aromatic rings. The number of methoxy groups -OCH3 is 2. The molecule has 4 amide bonds. The number of nitrogens with one attached hydrogen (secondary N) is 2. The molecule has 9 nitrogen and oxygen atoms in total. The lowest BCUT2D eigenvalue weighted by molar-refractivity contribution is -0.137. The Kier molecular flexibility index (Phi) is 6.90. The number of amides is 4. The Hall–Kier alpha value is -2.59. The Morgan fingerprint density at radius 3 is 2.48 bits per heavy atom. The van der Waals surface area contributed by atoms with Crippen LogP contribution >= 0.6 is 11.6 Å². The average molecular weight is 457 g/mol. The highest BCUT2D eigenvalue weighted by Crippen LogP contribution is 2.33. The predicted molar refractivity (Wildman–Crippen MR) is 112 cm³/mol. The Balaban J connectivity index is 1.63. The summed E-state index contributed by atoms with van der Waals surface area (Å²) < 4.78 is 24.3. The molecule has 0 spiro atoms. The van der Waals surface area contributed by atoms with E-state index in [0.717, 1.165) is 0 Å². The SMILES string of the molecule is COC[C@]1(CC(C)C(=O)N2CCN(c3cc(F)c(Cl)c(OC)c3)CC2)NC(=O)NC1=O. The van der Waals surface area contributed by atoms with E-state index < -0.39 is 29.2 Å². The van der Waals surface area contributed by atoms with Gasteiger partial charge in [-0.25, -0.2) is 9.18 Å².